The highest BCUT2D eigenvalue weighted by molar-refractivity contribution is 7.98. The zero-order valence-corrected chi connectivity index (χ0v) is 19.8. The second-order valence-electron chi connectivity index (χ2n) is 7.79. The molecule has 8 heteroatoms. The van der Waals surface area contributed by atoms with Gasteiger partial charge in [0.15, 0.2) is 5.16 Å². The van der Waals surface area contributed by atoms with Crippen LogP contribution in [0.15, 0.2) is 63.9 Å². The van der Waals surface area contributed by atoms with E-state index in [-0.39, 0.29) is 23.9 Å². The standard InChI is InChI=1S/C24H24N4O2S2/c1-15(2)28-23(30)19-6-4-5-7-20(19)27-24(28)32-14-18-13-31-22(26-18)12-21(29)25-17-10-8-16(3)9-11-17/h4-11,13,15H,12,14H2,1-3H3,(H,25,29). The number of nitrogens with one attached hydrogen (secondary N) is 1. The Kier molecular flexibility index (Phi) is 6.72. The fourth-order valence-corrected chi connectivity index (χ4v) is 5.22. The van der Waals surface area contributed by atoms with E-state index in [1.54, 1.807) is 4.57 Å². The summed E-state index contributed by atoms with van der Waals surface area (Å²) >= 11 is 2.96. The number of thioether (sulfide) groups is 1. The molecule has 0 spiro atoms. The van der Waals surface area contributed by atoms with Crippen LogP contribution in [0.4, 0.5) is 5.69 Å². The first-order valence-electron chi connectivity index (χ1n) is 10.3. The van der Waals surface area contributed by atoms with Crippen molar-refractivity contribution in [1.29, 1.82) is 0 Å². The quantitative estimate of drug-likeness (QED) is 0.300. The summed E-state index contributed by atoms with van der Waals surface area (Å²) in [6.07, 6.45) is 0.230. The molecule has 0 radical (unpaired) electrons. The third kappa shape index (κ3) is 5.08. The molecule has 0 aliphatic heterocycles. The summed E-state index contributed by atoms with van der Waals surface area (Å²) in [5.41, 5.74) is 3.47. The van der Waals surface area contributed by atoms with Crippen LogP contribution in [0.1, 0.15) is 36.2 Å². The lowest BCUT2D eigenvalue weighted by Gasteiger charge is -2.15. The van der Waals surface area contributed by atoms with Gasteiger partial charge in [0.25, 0.3) is 5.56 Å². The molecule has 2 aromatic heterocycles. The molecule has 2 heterocycles. The molecule has 1 amide bonds. The van der Waals surface area contributed by atoms with Gasteiger partial charge in [0.05, 0.1) is 23.0 Å². The van der Waals surface area contributed by atoms with Crippen molar-refractivity contribution in [2.75, 3.05) is 5.32 Å². The van der Waals surface area contributed by atoms with Gasteiger partial charge in [-0.3, -0.25) is 14.2 Å². The van der Waals surface area contributed by atoms with Crippen molar-refractivity contribution in [3.63, 3.8) is 0 Å². The van der Waals surface area contributed by atoms with Crippen molar-refractivity contribution < 1.29 is 4.79 Å². The number of hydrogen-bond donors (Lipinski definition) is 1. The van der Waals surface area contributed by atoms with Crippen LogP contribution in [0.25, 0.3) is 10.9 Å². The number of para-hydroxylation sites is 1. The molecule has 1 N–H and O–H groups in total. The topological polar surface area (TPSA) is 76.9 Å². The van der Waals surface area contributed by atoms with Gasteiger partial charge in [0, 0.05) is 22.9 Å². The first-order valence-corrected chi connectivity index (χ1v) is 12.2. The molecule has 0 aliphatic rings. The maximum Gasteiger partial charge on any atom is 0.262 e. The summed E-state index contributed by atoms with van der Waals surface area (Å²) in [6, 6.07) is 15.1. The third-order valence-electron chi connectivity index (χ3n) is 4.89. The Morgan fingerprint density at radius 3 is 2.62 bits per heavy atom. The van der Waals surface area contributed by atoms with Crippen LogP contribution < -0.4 is 10.9 Å². The van der Waals surface area contributed by atoms with Crippen molar-refractivity contribution in [1.82, 2.24) is 14.5 Å². The minimum Gasteiger partial charge on any atom is -0.326 e. The Labute approximate surface area is 194 Å². The fraction of sp³-hybridized carbons (Fsp3) is 0.250. The van der Waals surface area contributed by atoms with Gasteiger partial charge in [-0.2, -0.15) is 0 Å². The van der Waals surface area contributed by atoms with Crippen LogP contribution in [0.3, 0.4) is 0 Å². The number of fused-ring (bicyclic) bond motifs is 1. The number of anilines is 1. The van der Waals surface area contributed by atoms with Gasteiger partial charge >= 0.3 is 0 Å². The predicted molar refractivity (Wildman–Crippen MR) is 132 cm³/mol. The zero-order chi connectivity index (χ0) is 22.7. The molecule has 32 heavy (non-hydrogen) atoms. The number of benzene rings is 2. The maximum atomic E-state index is 12.9. The lowest BCUT2D eigenvalue weighted by atomic mass is 10.2. The summed E-state index contributed by atoms with van der Waals surface area (Å²) in [4.78, 5) is 34.6. The van der Waals surface area contributed by atoms with Crippen LogP contribution in [0.5, 0.6) is 0 Å². The van der Waals surface area contributed by atoms with Crippen LogP contribution in [-0.2, 0) is 17.0 Å². The second kappa shape index (κ2) is 9.67. The molecule has 0 fully saturated rings. The largest absolute Gasteiger partial charge is 0.326 e. The predicted octanol–water partition coefficient (Wildman–Crippen LogP) is 5.22. The van der Waals surface area contributed by atoms with Gasteiger partial charge in [-0.1, -0.05) is 41.6 Å². The van der Waals surface area contributed by atoms with Crippen molar-refractivity contribution in [2.24, 2.45) is 0 Å². The molecule has 4 aromatic rings. The van der Waals surface area contributed by atoms with Crippen molar-refractivity contribution in [3.8, 4) is 0 Å². The number of aryl methyl sites for hydroxylation is 1. The minimum absolute atomic E-state index is 0.00132. The molecular formula is C24H24N4O2S2. The Balaban J connectivity index is 1.44. The molecule has 2 aromatic carbocycles. The molecule has 0 saturated heterocycles. The Morgan fingerprint density at radius 2 is 1.88 bits per heavy atom. The van der Waals surface area contributed by atoms with Crippen LogP contribution in [0, 0.1) is 6.92 Å². The van der Waals surface area contributed by atoms with Gasteiger partial charge in [-0.05, 0) is 45.0 Å². The van der Waals surface area contributed by atoms with Crippen LogP contribution >= 0.6 is 23.1 Å². The van der Waals surface area contributed by atoms with E-state index in [0.717, 1.165) is 22.0 Å². The molecular weight excluding hydrogens is 440 g/mol. The molecule has 0 bridgehead atoms. The number of nitrogens with zero attached hydrogens (tertiary/aromatic N) is 3. The van der Waals surface area contributed by atoms with E-state index in [2.05, 4.69) is 10.3 Å². The lowest BCUT2D eigenvalue weighted by Crippen LogP contribution is -2.25. The maximum absolute atomic E-state index is 12.9. The van der Waals surface area contributed by atoms with E-state index in [4.69, 9.17) is 4.98 Å². The fourth-order valence-electron chi connectivity index (χ4n) is 3.30. The highest BCUT2D eigenvalue weighted by atomic mass is 32.2. The molecule has 0 aliphatic carbocycles. The average Bonchev–Trinajstić information content (AvgIpc) is 3.20. The van der Waals surface area contributed by atoms with Crippen molar-refractivity contribution in [3.05, 3.63) is 80.5 Å². The average molecular weight is 465 g/mol. The van der Waals surface area contributed by atoms with E-state index in [9.17, 15) is 9.59 Å². The highest BCUT2D eigenvalue weighted by Crippen LogP contribution is 2.25. The Hall–Kier alpha value is -2.97. The summed E-state index contributed by atoms with van der Waals surface area (Å²) in [7, 11) is 0. The van der Waals surface area contributed by atoms with Crippen molar-refractivity contribution >= 4 is 45.6 Å². The SMILES string of the molecule is Cc1ccc(NC(=O)Cc2nc(CSc3nc4ccccc4c(=O)n3C(C)C)cs2)cc1. The van der Waals surface area contributed by atoms with E-state index >= 15 is 0 Å². The molecule has 0 saturated carbocycles. The van der Waals surface area contributed by atoms with Gasteiger partial charge in [0.2, 0.25) is 5.91 Å². The third-order valence-corrected chi connectivity index (χ3v) is 6.77. The second-order valence-corrected chi connectivity index (χ2v) is 9.68. The molecule has 164 valence electrons. The first-order chi connectivity index (χ1) is 15.4. The molecule has 0 unspecified atom stereocenters. The van der Waals surface area contributed by atoms with E-state index in [0.29, 0.717) is 21.8 Å². The highest BCUT2D eigenvalue weighted by Gasteiger charge is 2.15. The lowest BCUT2D eigenvalue weighted by molar-refractivity contribution is -0.115. The van der Waals surface area contributed by atoms with Crippen molar-refractivity contribution in [2.45, 2.75) is 44.1 Å². The van der Waals surface area contributed by atoms with E-state index in [1.807, 2.05) is 74.7 Å². The molecule has 4 rings (SSSR count). The van der Waals surface area contributed by atoms with E-state index < -0.39 is 0 Å². The number of thiazole rings is 1. The number of rotatable bonds is 7. The summed E-state index contributed by atoms with van der Waals surface area (Å²) in [5, 5.41) is 6.93. The monoisotopic (exact) mass is 464 g/mol. The normalized spacial score (nSPS) is 11.2. The number of aromatic nitrogens is 3. The van der Waals surface area contributed by atoms with Gasteiger partial charge in [-0.25, -0.2) is 9.97 Å². The van der Waals surface area contributed by atoms with E-state index in [1.165, 1.54) is 23.1 Å². The number of carbonyl (C=O) groups excluding carboxylic acids is 1. The number of carbonyl (C=O) groups is 1. The van der Waals surface area contributed by atoms with Crippen LogP contribution in [0.2, 0.25) is 0 Å². The Morgan fingerprint density at radius 1 is 1.12 bits per heavy atom. The van der Waals surface area contributed by atoms with Gasteiger partial charge < -0.3 is 5.32 Å². The molecule has 0 atom stereocenters. The summed E-state index contributed by atoms with van der Waals surface area (Å²) in [5.74, 6) is 0.486. The minimum atomic E-state index is -0.0905. The summed E-state index contributed by atoms with van der Waals surface area (Å²) in [6.45, 7) is 5.97. The smallest absolute Gasteiger partial charge is 0.262 e. The first kappa shape index (κ1) is 22.2. The Bertz CT molecular complexity index is 1310. The van der Waals surface area contributed by atoms with Gasteiger partial charge in [-0.15, -0.1) is 11.3 Å². The zero-order valence-electron chi connectivity index (χ0n) is 18.2. The summed E-state index contributed by atoms with van der Waals surface area (Å²) < 4.78 is 1.73. The number of amides is 1. The molecule has 6 nitrogen and oxygen atoms in total. The number of hydrogen-bond acceptors (Lipinski definition) is 6. The van der Waals surface area contributed by atoms with Gasteiger partial charge in [0.1, 0.15) is 5.01 Å². The van der Waals surface area contributed by atoms with Crippen LogP contribution in [-0.4, -0.2) is 20.4 Å².